The van der Waals surface area contributed by atoms with Crippen LogP contribution in [0.25, 0.3) is 33.8 Å². The maximum absolute atomic E-state index is 6.10. The van der Waals surface area contributed by atoms with Crippen LogP contribution in [0.15, 0.2) is 48.5 Å². The van der Waals surface area contributed by atoms with Crippen LogP contribution in [0.4, 0.5) is 11.6 Å². The molecule has 4 rings (SSSR count). The third-order valence-corrected chi connectivity index (χ3v) is 4.55. The van der Waals surface area contributed by atoms with Gasteiger partial charge in [0.05, 0.1) is 10.0 Å². The maximum atomic E-state index is 6.10. The van der Waals surface area contributed by atoms with Crippen LogP contribution >= 0.6 is 23.2 Å². The van der Waals surface area contributed by atoms with Gasteiger partial charge in [0, 0.05) is 11.1 Å². The smallest absolute Gasteiger partial charge is 0.186 e. The number of nitrogens with two attached hydrogens (primary N) is 2. The molecule has 0 saturated carbocycles. The van der Waals surface area contributed by atoms with E-state index in [2.05, 4.69) is 19.9 Å². The van der Waals surface area contributed by atoms with Gasteiger partial charge >= 0.3 is 0 Å². The third-order valence-electron chi connectivity index (χ3n) is 3.81. The van der Waals surface area contributed by atoms with Gasteiger partial charge in [-0.3, -0.25) is 0 Å². The number of fused-ring (bicyclic) bond motifs is 1. The van der Waals surface area contributed by atoms with Crippen molar-refractivity contribution < 1.29 is 0 Å². The minimum absolute atomic E-state index is 0.216. The van der Waals surface area contributed by atoms with Gasteiger partial charge in [-0.15, -0.1) is 0 Å². The van der Waals surface area contributed by atoms with Crippen LogP contribution in [0, 0.1) is 0 Å². The number of anilines is 2. The molecule has 2 aromatic heterocycles. The minimum atomic E-state index is 0.216. The summed E-state index contributed by atoms with van der Waals surface area (Å²) in [5, 5.41) is 0.840. The first-order valence-corrected chi connectivity index (χ1v) is 8.40. The topological polar surface area (TPSA) is 104 Å². The zero-order valence-electron chi connectivity index (χ0n) is 13.3. The van der Waals surface area contributed by atoms with Crippen LogP contribution in [-0.2, 0) is 0 Å². The second-order valence-electron chi connectivity index (χ2n) is 5.56. The van der Waals surface area contributed by atoms with Crippen LogP contribution in [0.5, 0.6) is 0 Å². The van der Waals surface area contributed by atoms with Gasteiger partial charge in [0.25, 0.3) is 0 Å². The van der Waals surface area contributed by atoms with E-state index < -0.39 is 0 Å². The zero-order chi connectivity index (χ0) is 18.3. The van der Waals surface area contributed by atoms with Crippen molar-refractivity contribution in [1.29, 1.82) is 0 Å². The van der Waals surface area contributed by atoms with Gasteiger partial charge in [-0.05, 0) is 12.1 Å². The van der Waals surface area contributed by atoms with Gasteiger partial charge < -0.3 is 11.5 Å². The molecule has 0 saturated heterocycles. The lowest BCUT2D eigenvalue weighted by atomic mass is 10.1. The highest BCUT2D eigenvalue weighted by molar-refractivity contribution is 6.42. The Hall–Kier alpha value is -2.96. The van der Waals surface area contributed by atoms with E-state index in [-0.39, 0.29) is 11.6 Å². The number of halogens is 2. The van der Waals surface area contributed by atoms with E-state index in [1.54, 1.807) is 18.2 Å². The largest absolute Gasteiger partial charge is 0.382 e. The summed E-state index contributed by atoms with van der Waals surface area (Å²) in [6.07, 6.45) is 0. The molecule has 26 heavy (non-hydrogen) atoms. The van der Waals surface area contributed by atoms with E-state index in [0.717, 1.165) is 5.56 Å². The molecule has 0 radical (unpaired) electrons. The molecular weight excluding hydrogens is 371 g/mol. The first kappa shape index (κ1) is 16.5. The van der Waals surface area contributed by atoms with Crippen molar-refractivity contribution >= 4 is 46.0 Å². The fourth-order valence-electron chi connectivity index (χ4n) is 2.55. The lowest BCUT2D eigenvalue weighted by Gasteiger charge is -2.09. The van der Waals surface area contributed by atoms with Crippen molar-refractivity contribution in [3.63, 3.8) is 0 Å². The minimum Gasteiger partial charge on any atom is -0.382 e. The normalized spacial score (nSPS) is 11.0. The molecule has 0 atom stereocenters. The van der Waals surface area contributed by atoms with Crippen LogP contribution in [0.2, 0.25) is 10.0 Å². The number of hydrogen-bond acceptors (Lipinski definition) is 6. The Balaban J connectivity index is 1.90. The number of nitrogen functional groups attached to an aromatic ring is 2. The van der Waals surface area contributed by atoms with Gasteiger partial charge in [-0.2, -0.15) is 0 Å². The summed E-state index contributed by atoms with van der Waals surface area (Å²) >= 11 is 12.0. The summed E-state index contributed by atoms with van der Waals surface area (Å²) in [5.74, 6) is 0.905. The lowest BCUT2D eigenvalue weighted by Crippen LogP contribution is -2.05. The van der Waals surface area contributed by atoms with Crippen molar-refractivity contribution in [3.8, 4) is 22.6 Å². The van der Waals surface area contributed by atoms with Crippen molar-refractivity contribution in [2.75, 3.05) is 11.5 Å². The van der Waals surface area contributed by atoms with Crippen LogP contribution in [-0.4, -0.2) is 19.9 Å². The molecule has 2 aromatic carbocycles. The highest BCUT2D eigenvalue weighted by atomic mass is 35.5. The second-order valence-corrected chi connectivity index (χ2v) is 6.37. The van der Waals surface area contributed by atoms with Crippen LogP contribution in [0.3, 0.4) is 0 Å². The summed E-state index contributed by atoms with van der Waals surface area (Å²) in [4.78, 5) is 17.7. The number of hydrogen-bond donors (Lipinski definition) is 2. The molecule has 0 aliphatic carbocycles. The molecule has 0 bridgehead atoms. The lowest BCUT2D eigenvalue weighted by molar-refractivity contribution is 1.16. The number of nitrogens with zero attached hydrogens (tertiary/aromatic N) is 4. The molecule has 4 aromatic rings. The number of benzene rings is 2. The monoisotopic (exact) mass is 382 g/mol. The van der Waals surface area contributed by atoms with Gasteiger partial charge in [-0.25, -0.2) is 19.9 Å². The Morgan fingerprint density at radius 3 is 2.19 bits per heavy atom. The summed E-state index contributed by atoms with van der Waals surface area (Å²) in [6.45, 7) is 0. The Morgan fingerprint density at radius 1 is 0.692 bits per heavy atom. The van der Waals surface area contributed by atoms with Crippen molar-refractivity contribution in [1.82, 2.24) is 19.9 Å². The summed E-state index contributed by atoms with van der Waals surface area (Å²) < 4.78 is 0. The Morgan fingerprint density at radius 2 is 1.46 bits per heavy atom. The van der Waals surface area contributed by atoms with Gasteiger partial charge in [0.1, 0.15) is 5.69 Å². The first-order valence-electron chi connectivity index (χ1n) is 7.64. The molecule has 0 unspecified atom stereocenters. The third kappa shape index (κ3) is 2.89. The number of rotatable bonds is 2. The number of aromatic nitrogens is 4. The average molecular weight is 383 g/mol. The van der Waals surface area contributed by atoms with Crippen molar-refractivity contribution in [2.45, 2.75) is 0 Å². The summed E-state index contributed by atoms with van der Waals surface area (Å²) in [5.41, 5.74) is 14.9. The van der Waals surface area contributed by atoms with E-state index in [1.807, 2.05) is 30.3 Å². The SMILES string of the molecule is Nc1nc2nc(-c3ccccc3)nc(N)c2nc1-c1ccc(Cl)c(Cl)c1. The fraction of sp³-hybridized carbons (Fsp3) is 0. The molecule has 2 heterocycles. The Bertz CT molecular complexity index is 1130. The van der Waals surface area contributed by atoms with E-state index >= 15 is 0 Å². The maximum Gasteiger partial charge on any atom is 0.186 e. The van der Waals surface area contributed by atoms with E-state index in [1.165, 1.54) is 0 Å². The molecular formula is C18H12Cl2N6. The average Bonchev–Trinajstić information content (AvgIpc) is 2.64. The fourth-order valence-corrected chi connectivity index (χ4v) is 2.85. The summed E-state index contributed by atoms with van der Waals surface area (Å²) in [6, 6.07) is 14.6. The highest BCUT2D eigenvalue weighted by Gasteiger charge is 2.15. The molecule has 4 N–H and O–H groups in total. The zero-order valence-corrected chi connectivity index (χ0v) is 14.8. The summed E-state index contributed by atoms with van der Waals surface area (Å²) in [7, 11) is 0. The second kappa shape index (κ2) is 6.40. The molecule has 0 amide bonds. The quantitative estimate of drug-likeness (QED) is 0.537. The van der Waals surface area contributed by atoms with Crippen molar-refractivity contribution in [3.05, 3.63) is 58.6 Å². The van der Waals surface area contributed by atoms with Crippen molar-refractivity contribution in [2.24, 2.45) is 0 Å². The first-order chi connectivity index (χ1) is 12.5. The Labute approximate surface area is 158 Å². The van der Waals surface area contributed by atoms with Gasteiger partial charge in [0.15, 0.2) is 28.6 Å². The molecule has 8 heteroatoms. The highest BCUT2D eigenvalue weighted by Crippen LogP contribution is 2.31. The molecule has 0 aliphatic rings. The molecule has 0 aliphatic heterocycles. The van der Waals surface area contributed by atoms with Gasteiger partial charge in [-0.1, -0.05) is 59.6 Å². The molecule has 0 spiro atoms. The molecule has 6 nitrogen and oxygen atoms in total. The molecule has 0 fully saturated rings. The van der Waals surface area contributed by atoms with E-state index in [0.29, 0.717) is 38.3 Å². The predicted molar refractivity (Wildman–Crippen MR) is 105 cm³/mol. The van der Waals surface area contributed by atoms with E-state index in [4.69, 9.17) is 34.7 Å². The van der Waals surface area contributed by atoms with Crippen LogP contribution < -0.4 is 11.5 Å². The molecule has 128 valence electrons. The van der Waals surface area contributed by atoms with Crippen LogP contribution in [0.1, 0.15) is 0 Å². The van der Waals surface area contributed by atoms with E-state index in [9.17, 15) is 0 Å². The Kier molecular flexibility index (Phi) is 4.06. The van der Waals surface area contributed by atoms with Gasteiger partial charge in [0.2, 0.25) is 0 Å². The predicted octanol–water partition coefficient (Wildman–Crippen LogP) is 4.23. The standard InChI is InChI=1S/C18H12Cl2N6/c19-11-7-6-10(8-12(11)20)13-15(21)25-18-14(23-13)16(22)24-17(26-18)9-4-2-1-3-5-9/h1-8H,(H4,21,22,24,25,26).